The molecule has 0 aliphatic rings. The monoisotopic (exact) mass is 291 g/mol. The average Bonchev–Trinajstić information content (AvgIpc) is 2.24. The van der Waals surface area contributed by atoms with Crippen molar-refractivity contribution in [1.29, 1.82) is 0 Å². The number of hydrogen-bond acceptors (Lipinski definition) is 5. The molecule has 0 bridgehead atoms. The van der Waals surface area contributed by atoms with Crippen LogP contribution in [0.5, 0.6) is 0 Å². The molecule has 0 spiro atoms. The molecule has 8 heteroatoms. The Morgan fingerprint density at radius 1 is 1.11 bits per heavy atom. The number of Topliss-reactive ketones (excluding diaryl/α,β-unsaturated/α-hetero) is 1. The summed E-state index contributed by atoms with van der Waals surface area (Å²) in [5.74, 6) is -3.29. The first-order chi connectivity index (χ1) is 8.73. The Bertz CT molecular complexity index is 336. The molecule has 1 amide bonds. The predicted molar refractivity (Wildman–Crippen MR) is 69.0 cm³/mol. The second kappa shape index (κ2) is 8.52. The van der Waals surface area contributed by atoms with Gasteiger partial charge in [-0.15, -0.1) is 0 Å². The standard InChI is InChI=1S/C11H17NO6S/c1-6(13)8(3-10(15)16)4-19-5-9(11(17)18)12-7(2)14/h8-9H,3-5H2,1-2H3,(H,12,14)(H,15,16)(H,17,18). The first kappa shape index (κ1) is 17.4. The molecular weight excluding hydrogens is 274 g/mol. The van der Waals surface area contributed by atoms with E-state index < -0.39 is 29.8 Å². The molecule has 0 aliphatic carbocycles. The van der Waals surface area contributed by atoms with Crippen molar-refractivity contribution >= 4 is 35.4 Å². The number of nitrogens with one attached hydrogen (secondary N) is 1. The van der Waals surface area contributed by atoms with Gasteiger partial charge in [0.2, 0.25) is 5.91 Å². The van der Waals surface area contributed by atoms with E-state index in [9.17, 15) is 19.2 Å². The number of carboxylic acids is 2. The highest BCUT2D eigenvalue weighted by atomic mass is 32.2. The van der Waals surface area contributed by atoms with E-state index in [1.165, 1.54) is 13.8 Å². The molecule has 108 valence electrons. The third kappa shape index (κ3) is 8.20. The van der Waals surface area contributed by atoms with E-state index >= 15 is 0 Å². The normalized spacial score (nSPS) is 13.4. The molecule has 0 saturated heterocycles. The van der Waals surface area contributed by atoms with Crippen molar-refractivity contribution in [3.63, 3.8) is 0 Å². The number of carbonyl (C=O) groups is 4. The Morgan fingerprint density at radius 2 is 1.68 bits per heavy atom. The second-order valence-electron chi connectivity index (χ2n) is 4.03. The third-order valence-corrected chi connectivity index (χ3v) is 3.48. The van der Waals surface area contributed by atoms with Crippen molar-refractivity contribution < 1.29 is 29.4 Å². The smallest absolute Gasteiger partial charge is 0.327 e. The average molecular weight is 291 g/mol. The quantitative estimate of drug-likeness (QED) is 0.546. The van der Waals surface area contributed by atoms with E-state index in [0.717, 1.165) is 11.8 Å². The molecule has 2 atom stereocenters. The third-order valence-electron chi connectivity index (χ3n) is 2.28. The molecule has 0 aliphatic heterocycles. The Kier molecular flexibility index (Phi) is 7.81. The van der Waals surface area contributed by atoms with Gasteiger partial charge in [0.1, 0.15) is 11.8 Å². The summed E-state index contributed by atoms with van der Waals surface area (Å²) < 4.78 is 0. The molecule has 0 heterocycles. The maximum atomic E-state index is 11.2. The fourth-order valence-corrected chi connectivity index (χ4v) is 2.51. The summed E-state index contributed by atoms with van der Waals surface area (Å²) in [4.78, 5) is 43.4. The Labute approximate surface area is 114 Å². The lowest BCUT2D eigenvalue weighted by Crippen LogP contribution is -2.41. The zero-order valence-corrected chi connectivity index (χ0v) is 11.5. The first-order valence-electron chi connectivity index (χ1n) is 5.54. The minimum Gasteiger partial charge on any atom is -0.481 e. The highest BCUT2D eigenvalue weighted by molar-refractivity contribution is 7.99. The fraction of sp³-hybridized carbons (Fsp3) is 0.636. The van der Waals surface area contributed by atoms with Gasteiger partial charge in [-0.2, -0.15) is 11.8 Å². The number of carboxylic acid groups (broad SMARTS) is 2. The zero-order valence-electron chi connectivity index (χ0n) is 10.7. The summed E-state index contributed by atoms with van der Waals surface area (Å²) in [6.45, 7) is 2.51. The Hall–Kier alpha value is -1.57. The zero-order chi connectivity index (χ0) is 15.0. The van der Waals surface area contributed by atoms with Crippen LogP contribution in [-0.4, -0.2) is 51.4 Å². The molecule has 19 heavy (non-hydrogen) atoms. The largest absolute Gasteiger partial charge is 0.481 e. The number of ketones is 1. The van der Waals surface area contributed by atoms with Crippen molar-refractivity contribution in [2.75, 3.05) is 11.5 Å². The van der Waals surface area contributed by atoms with Crippen LogP contribution in [0.25, 0.3) is 0 Å². The molecule has 0 aromatic heterocycles. The van der Waals surface area contributed by atoms with Gasteiger partial charge in [0.05, 0.1) is 6.42 Å². The summed E-state index contributed by atoms with van der Waals surface area (Å²) in [5.41, 5.74) is 0. The van der Waals surface area contributed by atoms with Crippen LogP contribution in [0.4, 0.5) is 0 Å². The Morgan fingerprint density at radius 3 is 2.05 bits per heavy atom. The van der Waals surface area contributed by atoms with Gasteiger partial charge >= 0.3 is 11.9 Å². The molecule has 2 unspecified atom stereocenters. The lowest BCUT2D eigenvalue weighted by Gasteiger charge is -2.15. The summed E-state index contributed by atoms with van der Waals surface area (Å²) in [6.07, 6.45) is -0.278. The number of hydrogen-bond donors (Lipinski definition) is 3. The molecular formula is C11H17NO6S. The van der Waals surface area contributed by atoms with Crippen LogP contribution in [0.3, 0.4) is 0 Å². The van der Waals surface area contributed by atoms with Crippen LogP contribution in [0.15, 0.2) is 0 Å². The van der Waals surface area contributed by atoms with Crippen molar-refractivity contribution in [1.82, 2.24) is 5.32 Å². The van der Waals surface area contributed by atoms with Gasteiger partial charge in [0, 0.05) is 24.3 Å². The van der Waals surface area contributed by atoms with Crippen LogP contribution in [-0.2, 0) is 19.2 Å². The van der Waals surface area contributed by atoms with E-state index in [1.54, 1.807) is 0 Å². The highest BCUT2D eigenvalue weighted by Gasteiger charge is 2.22. The van der Waals surface area contributed by atoms with Crippen LogP contribution >= 0.6 is 11.8 Å². The predicted octanol–water partition coefficient (Wildman–Crippen LogP) is -0.0112. The van der Waals surface area contributed by atoms with E-state index in [4.69, 9.17) is 10.2 Å². The lowest BCUT2D eigenvalue weighted by molar-refractivity contribution is -0.141. The second-order valence-corrected chi connectivity index (χ2v) is 5.11. The van der Waals surface area contributed by atoms with Gasteiger partial charge in [-0.1, -0.05) is 0 Å². The number of carbonyl (C=O) groups excluding carboxylic acids is 2. The summed E-state index contributed by atoms with van der Waals surface area (Å²) in [5, 5.41) is 19.8. The molecule has 0 fully saturated rings. The fourth-order valence-electron chi connectivity index (χ4n) is 1.28. The van der Waals surface area contributed by atoms with Gasteiger partial charge < -0.3 is 15.5 Å². The molecule has 0 rings (SSSR count). The molecule has 0 radical (unpaired) electrons. The Balaban J connectivity index is 4.28. The van der Waals surface area contributed by atoms with Crippen LogP contribution in [0.1, 0.15) is 20.3 Å². The molecule has 0 aromatic rings. The van der Waals surface area contributed by atoms with Gasteiger partial charge in [-0.25, -0.2) is 4.79 Å². The topological polar surface area (TPSA) is 121 Å². The van der Waals surface area contributed by atoms with Crippen molar-refractivity contribution in [2.45, 2.75) is 26.3 Å². The van der Waals surface area contributed by atoms with E-state index in [0.29, 0.717) is 0 Å². The van der Waals surface area contributed by atoms with E-state index in [1.807, 2.05) is 0 Å². The minimum absolute atomic E-state index is 0.0817. The van der Waals surface area contributed by atoms with Crippen molar-refractivity contribution in [2.24, 2.45) is 5.92 Å². The maximum Gasteiger partial charge on any atom is 0.327 e. The van der Waals surface area contributed by atoms with E-state index in [-0.39, 0.29) is 23.7 Å². The maximum absolute atomic E-state index is 11.2. The summed E-state index contributed by atoms with van der Waals surface area (Å²) in [6, 6.07) is -1.04. The van der Waals surface area contributed by atoms with Crippen molar-refractivity contribution in [3.05, 3.63) is 0 Å². The number of amides is 1. The molecule has 0 aromatic carbocycles. The lowest BCUT2D eigenvalue weighted by atomic mass is 10.0. The SMILES string of the molecule is CC(=O)NC(CSCC(CC(=O)O)C(C)=O)C(=O)O. The number of thioether (sulfide) groups is 1. The first-order valence-corrected chi connectivity index (χ1v) is 6.69. The van der Waals surface area contributed by atoms with Crippen molar-refractivity contribution in [3.8, 4) is 0 Å². The van der Waals surface area contributed by atoms with Crippen LogP contribution in [0, 0.1) is 5.92 Å². The van der Waals surface area contributed by atoms with Crippen LogP contribution in [0.2, 0.25) is 0 Å². The summed E-state index contributed by atoms with van der Waals surface area (Å²) >= 11 is 1.13. The number of aliphatic carboxylic acids is 2. The molecule has 0 saturated carbocycles. The molecule has 3 N–H and O–H groups in total. The minimum atomic E-state index is -1.17. The van der Waals surface area contributed by atoms with Crippen LogP contribution < -0.4 is 5.32 Å². The van der Waals surface area contributed by atoms with E-state index in [2.05, 4.69) is 5.32 Å². The highest BCUT2D eigenvalue weighted by Crippen LogP contribution is 2.15. The van der Waals surface area contributed by atoms with Gasteiger partial charge in [-0.3, -0.25) is 14.4 Å². The number of rotatable bonds is 9. The molecule has 7 nitrogen and oxygen atoms in total. The van der Waals surface area contributed by atoms with Gasteiger partial charge in [0.15, 0.2) is 0 Å². The van der Waals surface area contributed by atoms with Gasteiger partial charge in [-0.05, 0) is 6.92 Å². The summed E-state index contributed by atoms with van der Waals surface area (Å²) in [7, 11) is 0. The van der Waals surface area contributed by atoms with Gasteiger partial charge in [0.25, 0.3) is 0 Å².